The summed E-state index contributed by atoms with van der Waals surface area (Å²) in [6.45, 7) is 0.406. The molecule has 2 saturated heterocycles. The fraction of sp³-hybridized carbons (Fsp3) is 0.526. The van der Waals surface area contributed by atoms with E-state index in [1.54, 1.807) is 4.90 Å². The first-order valence-electron chi connectivity index (χ1n) is 9.08. The van der Waals surface area contributed by atoms with E-state index in [1.807, 2.05) is 0 Å². The van der Waals surface area contributed by atoms with Crippen molar-refractivity contribution in [1.29, 1.82) is 0 Å². The molecule has 1 N–H and O–H groups in total. The zero-order valence-electron chi connectivity index (χ0n) is 14.7. The minimum Gasteiger partial charge on any atom is -0.481 e. The summed E-state index contributed by atoms with van der Waals surface area (Å²) in [6, 6.07) is 2.70. The third-order valence-corrected chi connectivity index (χ3v) is 6.25. The molecule has 2 aliphatic heterocycles. The van der Waals surface area contributed by atoms with Gasteiger partial charge in [-0.3, -0.25) is 14.4 Å². The molecule has 1 aliphatic carbocycles. The van der Waals surface area contributed by atoms with Gasteiger partial charge in [-0.25, -0.2) is 8.78 Å². The molecule has 0 radical (unpaired) electrons. The molecule has 0 spiro atoms. The van der Waals surface area contributed by atoms with Crippen molar-refractivity contribution in [2.24, 2.45) is 17.3 Å². The molecular weight excluding hydrogens is 358 g/mol. The second kappa shape index (κ2) is 6.28. The monoisotopic (exact) mass is 378 g/mol. The van der Waals surface area contributed by atoms with Gasteiger partial charge in [-0.1, -0.05) is 6.42 Å². The molecule has 3 aliphatic rings. The summed E-state index contributed by atoms with van der Waals surface area (Å²) < 4.78 is 27.0. The number of carboxylic acid groups (broad SMARTS) is 1. The van der Waals surface area contributed by atoms with E-state index >= 15 is 0 Å². The highest BCUT2D eigenvalue weighted by Gasteiger charge is 2.59. The Hall–Kier alpha value is -2.51. The molecule has 6 nitrogen and oxygen atoms in total. The maximum absolute atomic E-state index is 13.9. The molecule has 3 fully saturated rings. The van der Waals surface area contributed by atoms with Gasteiger partial charge >= 0.3 is 5.97 Å². The summed E-state index contributed by atoms with van der Waals surface area (Å²) in [5.74, 6) is -3.87. The minimum absolute atomic E-state index is 0.00118. The number of amides is 2. The summed E-state index contributed by atoms with van der Waals surface area (Å²) in [5.41, 5.74) is -1.51. The van der Waals surface area contributed by atoms with Crippen LogP contribution >= 0.6 is 0 Å². The maximum Gasteiger partial charge on any atom is 0.313 e. The van der Waals surface area contributed by atoms with Crippen molar-refractivity contribution in [3.05, 3.63) is 35.4 Å². The first-order chi connectivity index (χ1) is 12.8. The molecule has 2 atom stereocenters. The molecule has 0 aromatic heterocycles. The Balaban J connectivity index is 1.53. The lowest BCUT2D eigenvalue weighted by atomic mass is 9.81. The first-order valence-corrected chi connectivity index (χ1v) is 9.08. The van der Waals surface area contributed by atoms with Gasteiger partial charge in [-0.05, 0) is 25.0 Å². The van der Waals surface area contributed by atoms with Gasteiger partial charge in [0.15, 0.2) is 0 Å². The van der Waals surface area contributed by atoms with Crippen LogP contribution in [-0.4, -0.2) is 58.9 Å². The number of likely N-dealkylation sites (tertiary alicyclic amines) is 2. The van der Waals surface area contributed by atoms with Crippen LogP contribution in [0.25, 0.3) is 0 Å². The Morgan fingerprint density at radius 1 is 1.07 bits per heavy atom. The Morgan fingerprint density at radius 2 is 1.74 bits per heavy atom. The second-order valence-electron chi connectivity index (χ2n) is 7.81. The molecule has 0 bridgehead atoms. The van der Waals surface area contributed by atoms with Crippen LogP contribution in [0.5, 0.6) is 0 Å². The van der Waals surface area contributed by atoms with Crippen LogP contribution in [0.15, 0.2) is 18.2 Å². The van der Waals surface area contributed by atoms with E-state index in [0.29, 0.717) is 6.07 Å². The quantitative estimate of drug-likeness (QED) is 0.869. The van der Waals surface area contributed by atoms with Crippen LogP contribution in [0.4, 0.5) is 8.78 Å². The number of nitrogens with zero attached hydrogens (tertiary/aromatic N) is 2. The summed E-state index contributed by atoms with van der Waals surface area (Å²) in [5, 5.41) is 9.85. The number of carboxylic acids is 1. The number of fused-ring (bicyclic) bond motifs is 1. The minimum atomic E-state index is -1.23. The van der Waals surface area contributed by atoms with E-state index in [2.05, 4.69) is 0 Å². The number of rotatable bonds is 3. The number of aliphatic carboxylic acids is 1. The maximum atomic E-state index is 13.9. The highest BCUT2D eigenvalue weighted by atomic mass is 19.1. The number of halogens is 2. The van der Waals surface area contributed by atoms with Crippen molar-refractivity contribution < 1.29 is 28.3 Å². The SMILES string of the molecule is O=C(c1ccc(F)cc1F)N1C[C@H]2CN(C(=O)C3CCC3)C[C@@]2(C(=O)O)C1. The van der Waals surface area contributed by atoms with Crippen LogP contribution in [0, 0.1) is 28.9 Å². The fourth-order valence-electron chi connectivity index (χ4n) is 4.44. The van der Waals surface area contributed by atoms with Gasteiger partial charge in [0.1, 0.15) is 17.0 Å². The third-order valence-electron chi connectivity index (χ3n) is 6.25. The fourth-order valence-corrected chi connectivity index (χ4v) is 4.44. The van der Waals surface area contributed by atoms with Gasteiger partial charge in [-0.2, -0.15) is 0 Å². The van der Waals surface area contributed by atoms with Crippen molar-refractivity contribution in [3.8, 4) is 0 Å². The summed E-state index contributed by atoms with van der Waals surface area (Å²) >= 11 is 0. The van der Waals surface area contributed by atoms with E-state index in [0.717, 1.165) is 31.4 Å². The van der Waals surface area contributed by atoms with Crippen LogP contribution in [0.1, 0.15) is 29.6 Å². The van der Waals surface area contributed by atoms with Crippen molar-refractivity contribution >= 4 is 17.8 Å². The number of hydrogen-bond acceptors (Lipinski definition) is 3. The van der Waals surface area contributed by atoms with Gasteiger partial charge in [-0.15, -0.1) is 0 Å². The van der Waals surface area contributed by atoms with Crippen LogP contribution in [0.2, 0.25) is 0 Å². The average molecular weight is 378 g/mol. The molecule has 2 amide bonds. The predicted octanol–water partition coefficient (Wildman–Crippen LogP) is 1.75. The standard InChI is InChI=1S/C19H20F2N2O4/c20-13-4-5-14(15(21)6-13)17(25)23-8-12-7-22(16(24)11-2-1-3-11)9-19(12,10-23)18(26)27/h4-6,11-12H,1-3,7-10H2,(H,26,27)/t12-,19-/m1/s1. The van der Waals surface area contributed by atoms with Crippen molar-refractivity contribution in [2.75, 3.05) is 26.2 Å². The average Bonchev–Trinajstić information content (AvgIpc) is 3.08. The van der Waals surface area contributed by atoms with Crippen molar-refractivity contribution in [3.63, 3.8) is 0 Å². The Morgan fingerprint density at radius 3 is 2.30 bits per heavy atom. The van der Waals surface area contributed by atoms with Gasteiger partial charge in [0.25, 0.3) is 5.91 Å². The molecule has 1 aromatic rings. The lowest BCUT2D eigenvalue weighted by Gasteiger charge is -2.31. The van der Waals surface area contributed by atoms with E-state index in [1.165, 1.54) is 4.90 Å². The molecule has 1 saturated carbocycles. The zero-order valence-corrected chi connectivity index (χ0v) is 14.7. The summed E-state index contributed by atoms with van der Waals surface area (Å²) in [6.07, 6.45) is 2.70. The molecule has 8 heteroatoms. The van der Waals surface area contributed by atoms with E-state index < -0.39 is 34.8 Å². The van der Waals surface area contributed by atoms with Gasteiger partial charge in [0.05, 0.1) is 5.56 Å². The number of hydrogen-bond donors (Lipinski definition) is 1. The van der Waals surface area contributed by atoms with Crippen LogP contribution in [-0.2, 0) is 9.59 Å². The first kappa shape index (κ1) is 17.9. The molecule has 144 valence electrons. The van der Waals surface area contributed by atoms with E-state index in [4.69, 9.17) is 0 Å². The normalized spacial score (nSPS) is 27.4. The number of carbonyl (C=O) groups is 3. The van der Waals surface area contributed by atoms with Gasteiger partial charge in [0, 0.05) is 44.1 Å². The summed E-state index contributed by atoms with van der Waals surface area (Å²) in [4.78, 5) is 40.1. The zero-order chi connectivity index (χ0) is 19.3. The van der Waals surface area contributed by atoms with Crippen molar-refractivity contribution in [1.82, 2.24) is 9.80 Å². The molecular formula is C19H20F2N2O4. The van der Waals surface area contributed by atoms with Crippen LogP contribution in [0.3, 0.4) is 0 Å². The molecule has 1 aromatic carbocycles. The Kier molecular flexibility index (Phi) is 4.16. The lowest BCUT2D eigenvalue weighted by Crippen LogP contribution is -2.45. The van der Waals surface area contributed by atoms with Gasteiger partial charge in [0.2, 0.25) is 5.91 Å². The summed E-state index contributed by atoms with van der Waals surface area (Å²) in [7, 11) is 0. The van der Waals surface area contributed by atoms with Crippen LogP contribution < -0.4 is 0 Å². The Labute approximate surface area is 154 Å². The topological polar surface area (TPSA) is 77.9 Å². The highest BCUT2D eigenvalue weighted by Crippen LogP contribution is 2.44. The smallest absolute Gasteiger partial charge is 0.313 e. The largest absolute Gasteiger partial charge is 0.481 e. The lowest BCUT2D eigenvalue weighted by molar-refractivity contribution is -0.149. The molecule has 2 heterocycles. The Bertz CT molecular complexity index is 826. The second-order valence-corrected chi connectivity index (χ2v) is 7.81. The highest BCUT2D eigenvalue weighted by molar-refractivity contribution is 5.95. The molecule has 0 unspecified atom stereocenters. The van der Waals surface area contributed by atoms with Gasteiger partial charge < -0.3 is 14.9 Å². The predicted molar refractivity (Wildman–Crippen MR) is 89.7 cm³/mol. The van der Waals surface area contributed by atoms with E-state index in [-0.39, 0.29) is 43.6 Å². The third kappa shape index (κ3) is 2.78. The molecule has 27 heavy (non-hydrogen) atoms. The number of carbonyl (C=O) groups excluding carboxylic acids is 2. The molecule has 4 rings (SSSR count). The van der Waals surface area contributed by atoms with Crippen molar-refractivity contribution in [2.45, 2.75) is 19.3 Å². The van der Waals surface area contributed by atoms with E-state index in [9.17, 15) is 28.3 Å². The number of benzene rings is 1.